The highest BCUT2D eigenvalue weighted by atomic mass is 31.2. The molecule has 0 saturated carbocycles. The van der Waals surface area contributed by atoms with Crippen LogP contribution in [0.1, 0.15) is 323 Å². The van der Waals surface area contributed by atoms with Gasteiger partial charge in [-0.3, -0.25) is 37.3 Å². The minimum atomic E-state index is -5.00. The molecular formula is C85H144O17P2. The summed E-state index contributed by atoms with van der Waals surface area (Å²) < 4.78 is 68.5. The molecule has 596 valence electrons. The van der Waals surface area contributed by atoms with E-state index in [0.29, 0.717) is 32.1 Å². The highest BCUT2D eigenvalue weighted by molar-refractivity contribution is 7.47. The third-order valence-corrected chi connectivity index (χ3v) is 18.5. The zero-order valence-corrected chi connectivity index (χ0v) is 66.9. The molecule has 0 fully saturated rings. The van der Waals surface area contributed by atoms with Gasteiger partial charge in [-0.15, -0.1) is 0 Å². The smallest absolute Gasteiger partial charge is 0.462 e. The van der Waals surface area contributed by atoms with E-state index in [1.54, 1.807) is 0 Å². The lowest BCUT2D eigenvalue weighted by atomic mass is 10.1. The van der Waals surface area contributed by atoms with Crippen LogP contribution < -0.4 is 0 Å². The van der Waals surface area contributed by atoms with Crippen molar-refractivity contribution in [1.29, 1.82) is 0 Å². The number of aliphatic hydroxyl groups excluding tert-OH is 1. The summed E-state index contributed by atoms with van der Waals surface area (Å²) in [6.07, 6.45) is 85.8. The lowest BCUT2D eigenvalue weighted by Crippen LogP contribution is -2.30. The van der Waals surface area contributed by atoms with Gasteiger partial charge < -0.3 is 33.8 Å². The molecule has 5 atom stereocenters. The van der Waals surface area contributed by atoms with Crippen molar-refractivity contribution < 1.29 is 80.2 Å². The molecule has 0 bridgehead atoms. The van der Waals surface area contributed by atoms with Crippen molar-refractivity contribution in [2.75, 3.05) is 39.6 Å². The minimum absolute atomic E-state index is 0.0301. The number of ether oxygens (including phenoxy) is 4. The first-order valence-corrected chi connectivity index (χ1v) is 43.4. The van der Waals surface area contributed by atoms with Crippen molar-refractivity contribution in [2.45, 2.75) is 341 Å². The van der Waals surface area contributed by atoms with Crippen LogP contribution in [-0.2, 0) is 65.4 Å². The van der Waals surface area contributed by atoms with Crippen molar-refractivity contribution in [3.63, 3.8) is 0 Å². The van der Waals surface area contributed by atoms with Crippen LogP contribution in [0, 0.1) is 0 Å². The predicted molar refractivity (Wildman–Crippen MR) is 427 cm³/mol. The molecule has 19 heteroatoms. The Morgan fingerprint density at radius 2 is 0.519 bits per heavy atom. The zero-order valence-electron chi connectivity index (χ0n) is 65.2. The van der Waals surface area contributed by atoms with Gasteiger partial charge in [-0.2, -0.15) is 0 Å². The second kappa shape index (κ2) is 76.4. The molecule has 0 spiro atoms. The van der Waals surface area contributed by atoms with Gasteiger partial charge in [-0.25, -0.2) is 9.13 Å². The van der Waals surface area contributed by atoms with Crippen molar-refractivity contribution in [1.82, 2.24) is 0 Å². The summed E-state index contributed by atoms with van der Waals surface area (Å²) in [5.74, 6) is -2.30. The standard InChI is InChI=1S/C85H144O17P2/c1-5-9-13-17-21-25-29-33-37-38-39-40-44-46-50-54-58-62-66-70-83(88)96-76-81(102-85(90)72-68-64-60-56-52-48-43-36-32-28-24-20-16-12-8-4)78-100-104(93,94)98-74-79(86)73-97-103(91,92)99-77-80(101-84(89)71-67-63-59-55-51-47-42-35-31-27-23-19-15-11-7-3)75-95-82(87)69-65-61-57-53-49-45-41-34-30-26-22-18-14-10-6-2/h9,13,21-22,24-28,31,33-34,36-37,39-41,43,46,50,58,62,79-81,86H,5-8,10-12,14-20,23,29-30,32,35,38,42,44-45,47-49,51-57,59-61,63-78H2,1-4H3,(H,91,92)(H,93,94)/b13-9-,25-21-,26-22-,28-24-,31-27-,37-33-,40-39-,41-34-,43-36-,50-46-,62-58-/t79-,80-,81-/m1/s1. The molecule has 0 heterocycles. The number of rotatable bonds is 75. The summed E-state index contributed by atoms with van der Waals surface area (Å²) in [6, 6.07) is 0. The Bertz CT molecular complexity index is 2490. The van der Waals surface area contributed by atoms with Crippen LogP contribution in [-0.4, -0.2) is 96.7 Å². The van der Waals surface area contributed by atoms with E-state index in [4.69, 9.17) is 37.0 Å². The van der Waals surface area contributed by atoms with Crippen LogP contribution in [0.4, 0.5) is 0 Å². The first kappa shape index (κ1) is 99.2. The van der Waals surface area contributed by atoms with Crippen LogP contribution in [0.3, 0.4) is 0 Å². The zero-order chi connectivity index (χ0) is 76.0. The Kier molecular flexibility index (Phi) is 72.9. The first-order chi connectivity index (χ1) is 50.7. The summed E-state index contributed by atoms with van der Waals surface area (Å²) in [5, 5.41) is 10.6. The van der Waals surface area contributed by atoms with Crippen molar-refractivity contribution in [2.24, 2.45) is 0 Å². The predicted octanol–water partition coefficient (Wildman–Crippen LogP) is 23.7. The number of carbonyl (C=O) groups is 4. The van der Waals surface area contributed by atoms with Crippen LogP contribution >= 0.6 is 15.6 Å². The fourth-order valence-corrected chi connectivity index (χ4v) is 12.0. The molecule has 0 aliphatic carbocycles. The van der Waals surface area contributed by atoms with Crippen molar-refractivity contribution in [3.8, 4) is 0 Å². The minimum Gasteiger partial charge on any atom is -0.462 e. The van der Waals surface area contributed by atoms with Gasteiger partial charge >= 0.3 is 39.5 Å². The Morgan fingerprint density at radius 3 is 0.856 bits per heavy atom. The molecule has 17 nitrogen and oxygen atoms in total. The molecule has 0 aromatic heterocycles. The lowest BCUT2D eigenvalue weighted by molar-refractivity contribution is -0.161. The molecule has 0 amide bonds. The van der Waals surface area contributed by atoms with E-state index in [1.165, 1.54) is 64.2 Å². The fourth-order valence-electron chi connectivity index (χ4n) is 10.4. The number of phosphoric ester groups is 2. The van der Waals surface area contributed by atoms with Gasteiger partial charge in [0.25, 0.3) is 0 Å². The van der Waals surface area contributed by atoms with Crippen LogP contribution in [0.2, 0.25) is 0 Å². The van der Waals surface area contributed by atoms with Gasteiger partial charge in [0.2, 0.25) is 0 Å². The topological polar surface area (TPSA) is 237 Å². The largest absolute Gasteiger partial charge is 0.472 e. The number of hydrogen-bond donors (Lipinski definition) is 3. The van der Waals surface area contributed by atoms with E-state index < -0.39 is 97.5 Å². The molecule has 0 aromatic rings. The van der Waals surface area contributed by atoms with Gasteiger partial charge in [0.1, 0.15) is 19.3 Å². The molecule has 0 saturated heterocycles. The number of hydrogen-bond acceptors (Lipinski definition) is 15. The molecule has 0 aromatic carbocycles. The molecule has 0 aliphatic heterocycles. The molecule has 104 heavy (non-hydrogen) atoms. The fraction of sp³-hybridized carbons (Fsp3) is 0.694. The summed E-state index contributed by atoms with van der Waals surface area (Å²) in [6.45, 7) is 4.59. The summed E-state index contributed by atoms with van der Waals surface area (Å²) >= 11 is 0. The van der Waals surface area contributed by atoms with E-state index in [1.807, 2.05) is 18.2 Å². The average molecular weight is 1500 g/mol. The molecular weight excluding hydrogens is 1350 g/mol. The molecule has 0 rings (SSSR count). The first-order valence-electron chi connectivity index (χ1n) is 40.4. The summed E-state index contributed by atoms with van der Waals surface area (Å²) in [7, 11) is -9.99. The van der Waals surface area contributed by atoms with Crippen molar-refractivity contribution >= 4 is 39.5 Å². The van der Waals surface area contributed by atoms with E-state index in [-0.39, 0.29) is 25.7 Å². The van der Waals surface area contributed by atoms with Crippen LogP contribution in [0.15, 0.2) is 134 Å². The molecule has 0 radical (unpaired) electrons. The third-order valence-electron chi connectivity index (χ3n) is 16.6. The van der Waals surface area contributed by atoms with E-state index >= 15 is 0 Å². The molecule has 2 unspecified atom stereocenters. The monoisotopic (exact) mass is 1500 g/mol. The van der Waals surface area contributed by atoms with Gasteiger partial charge in [0.05, 0.1) is 26.4 Å². The van der Waals surface area contributed by atoms with E-state index in [0.717, 1.165) is 173 Å². The quantitative estimate of drug-likeness (QED) is 0.0169. The normalized spacial score (nSPS) is 14.6. The number of carbonyl (C=O) groups excluding carboxylic acids is 4. The number of esters is 4. The number of allylic oxidation sites excluding steroid dienone is 22. The SMILES string of the molecule is CC/C=C\C/C=C\C/C=C\C/C=C\C/C=C\C/C=C\CCC(=O)OC[C@H](COP(=O)(O)OC[C@H](O)COP(=O)(O)OC[C@@H](COC(=O)CCCCCCC/C=C\C/C=C\CCCCC)OC(=O)CCCCCCCCC/C=C\CCCCCC)OC(=O)CCCCCCC/C=C\C/C=C\CCCCC. The van der Waals surface area contributed by atoms with E-state index in [9.17, 15) is 43.2 Å². The van der Waals surface area contributed by atoms with E-state index in [2.05, 4.69) is 143 Å². The highest BCUT2D eigenvalue weighted by Gasteiger charge is 2.30. The second-order valence-corrected chi connectivity index (χ2v) is 29.5. The third kappa shape index (κ3) is 75.4. The average Bonchev–Trinajstić information content (AvgIpc) is 0.918. The maximum absolute atomic E-state index is 13.1. The van der Waals surface area contributed by atoms with Gasteiger partial charge in [0.15, 0.2) is 12.2 Å². The summed E-state index contributed by atoms with van der Waals surface area (Å²) in [4.78, 5) is 73.0. The van der Waals surface area contributed by atoms with Crippen LogP contribution in [0.25, 0.3) is 0 Å². The van der Waals surface area contributed by atoms with Gasteiger partial charge in [0, 0.05) is 25.7 Å². The lowest BCUT2D eigenvalue weighted by Gasteiger charge is -2.21. The maximum atomic E-state index is 13.1. The van der Waals surface area contributed by atoms with Crippen LogP contribution in [0.5, 0.6) is 0 Å². The molecule has 0 aliphatic rings. The number of aliphatic hydroxyl groups is 1. The Balaban J connectivity index is 5.45. The second-order valence-electron chi connectivity index (χ2n) is 26.6. The Morgan fingerprint density at radius 1 is 0.279 bits per heavy atom. The molecule has 3 N–H and O–H groups in total. The Labute approximate surface area is 631 Å². The Hall–Kier alpha value is -4.80. The number of unbranched alkanes of at least 4 members (excludes halogenated alkanes) is 27. The summed E-state index contributed by atoms with van der Waals surface area (Å²) in [5.41, 5.74) is 0. The number of phosphoric acid groups is 2. The highest BCUT2D eigenvalue weighted by Crippen LogP contribution is 2.45. The van der Waals surface area contributed by atoms with Gasteiger partial charge in [-0.05, 0) is 154 Å². The maximum Gasteiger partial charge on any atom is 0.472 e. The van der Waals surface area contributed by atoms with Crippen molar-refractivity contribution in [3.05, 3.63) is 134 Å². The van der Waals surface area contributed by atoms with Gasteiger partial charge in [-0.1, -0.05) is 277 Å².